The van der Waals surface area contributed by atoms with Crippen LogP contribution in [-0.4, -0.2) is 23.5 Å². The van der Waals surface area contributed by atoms with E-state index >= 15 is 0 Å². The van der Waals surface area contributed by atoms with Crippen molar-refractivity contribution in [1.82, 2.24) is 0 Å². The first-order valence-corrected chi connectivity index (χ1v) is 4.93. The molecule has 0 radical (unpaired) electrons. The van der Waals surface area contributed by atoms with Crippen LogP contribution in [0.3, 0.4) is 0 Å². The number of benzene rings is 1. The van der Waals surface area contributed by atoms with Crippen LogP contribution in [0.25, 0.3) is 10.1 Å². The maximum Gasteiger partial charge on any atom is 0.488 e. The summed E-state index contributed by atoms with van der Waals surface area (Å²) in [5, 5.41) is 20.4. The Kier molecular flexibility index (Phi) is 2.37. The average molecular weight is 206 g/mol. The van der Waals surface area contributed by atoms with Gasteiger partial charge in [-0.1, -0.05) is 12.1 Å². The lowest BCUT2D eigenvalue weighted by atomic mass is 9.80. The predicted molar refractivity (Wildman–Crippen MR) is 57.0 cm³/mol. The van der Waals surface area contributed by atoms with Gasteiger partial charge in [-0.15, -0.1) is 11.3 Å². The van der Waals surface area contributed by atoms with Gasteiger partial charge in [-0.3, -0.25) is 4.79 Å². The summed E-state index contributed by atoms with van der Waals surface area (Å²) in [6.07, 6.45) is 0.770. The molecular weight excluding hydrogens is 199 g/mol. The molecule has 0 atom stereocenters. The van der Waals surface area contributed by atoms with Crippen LogP contribution in [-0.2, 0) is 0 Å². The minimum atomic E-state index is -1.49. The Morgan fingerprint density at radius 1 is 1.36 bits per heavy atom. The Morgan fingerprint density at radius 3 is 2.79 bits per heavy atom. The molecule has 3 nitrogen and oxygen atoms in total. The fourth-order valence-corrected chi connectivity index (χ4v) is 2.21. The van der Waals surface area contributed by atoms with Crippen molar-refractivity contribution < 1.29 is 14.8 Å². The van der Waals surface area contributed by atoms with Gasteiger partial charge in [-0.25, -0.2) is 0 Å². The first kappa shape index (κ1) is 9.39. The van der Waals surface area contributed by atoms with Crippen molar-refractivity contribution in [3.8, 4) is 0 Å². The van der Waals surface area contributed by atoms with Crippen LogP contribution >= 0.6 is 11.3 Å². The number of fused-ring (bicyclic) bond motifs is 1. The Labute approximate surface area is 84.8 Å². The van der Waals surface area contributed by atoms with Gasteiger partial charge >= 0.3 is 7.12 Å². The van der Waals surface area contributed by atoms with Crippen LogP contribution in [0.5, 0.6) is 0 Å². The third-order valence-corrected chi connectivity index (χ3v) is 3.03. The third kappa shape index (κ3) is 1.46. The maximum atomic E-state index is 10.6. The van der Waals surface area contributed by atoms with Gasteiger partial charge in [-0.05, 0) is 11.5 Å². The SMILES string of the molecule is O=Cc1csc2ccc(B(O)O)cc12. The summed E-state index contributed by atoms with van der Waals surface area (Å²) in [6.45, 7) is 0. The second-order valence-electron chi connectivity index (χ2n) is 2.94. The molecule has 2 N–H and O–H groups in total. The van der Waals surface area contributed by atoms with E-state index in [0.717, 1.165) is 16.4 Å². The normalized spacial score (nSPS) is 10.4. The summed E-state index contributed by atoms with van der Waals surface area (Å²) in [5.74, 6) is 0. The molecule has 2 aromatic rings. The first-order chi connectivity index (χ1) is 6.72. The van der Waals surface area contributed by atoms with E-state index in [1.165, 1.54) is 11.3 Å². The molecule has 1 heterocycles. The van der Waals surface area contributed by atoms with Gasteiger partial charge in [0.15, 0.2) is 6.29 Å². The molecule has 0 aliphatic carbocycles. The minimum Gasteiger partial charge on any atom is -0.423 e. The van der Waals surface area contributed by atoms with Crippen LogP contribution in [0, 0.1) is 0 Å². The van der Waals surface area contributed by atoms with Crippen molar-refractivity contribution >= 4 is 40.3 Å². The molecule has 0 bridgehead atoms. The highest BCUT2D eigenvalue weighted by atomic mass is 32.1. The summed E-state index contributed by atoms with van der Waals surface area (Å²) in [6, 6.07) is 5.04. The zero-order valence-corrected chi connectivity index (χ0v) is 7.99. The molecule has 1 aromatic heterocycles. The van der Waals surface area contributed by atoms with Crippen LogP contribution < -0.4 is 5.46 Å². The standard InChI is InChI=1S/C9H7BO3S/c11-4-6-5-14-9-2-1-7(10(12)13)3-8(6)9/h1-5,12-13H. The van der Waals surface area contributed by atoms with Crippen molar-refractivity contribution in [1.29, 1.82) is 0 Å². The molecule has 0 aliphatic heterocycles. The lowest BCUT2D eigenvalue weighted by Gasteiger charge is -1.98. The van der Waals surface area contributed by atoms with E-state index in [0.29, 0.717) is 11.0 Å². The number of carbonyl (C=O) groups excluding carboxylic acids is 1. The van der Waals surface area contributed by atoms with E-state index < -0.39 is 7.12 Å². The minimum absolute atomic E-state index is 0.402. The highest BCUT2D eigenvalue weighted by molar-refractivity contribution is 7.17. The predicted octanol–water partition coefficient (Wildman–Crippen LogP) is 0.394. The number of aldehydes is 1. The Morgan fingerprint density at radius 2 is 2.14 bits per heavy atom. The lowest BCUT2D eigenvalue weighted by Crippen LogP contribution is -2.29. The summed E-state index contributed by atoms with van der Waals surface area (Å²) >= 11 is 1.46. The summed E-state index contributed by atoms with van der Waals surface area (Å²) in [5.41, 5.74) is 0.992. The molecule has 70 valence electrons. The van der Waals surface area contributed by atoms with E-state index in [2.05, 4.69) is 0 Å². The van der Waals surface area contributed by atoms with Crippen LogP contribution in [0.1, 0.15) is 10.4 Å². The van der Waals surface area contributed by atoms with Crippen molar-refractivity contribution in [2.75, 3.05) is 0 Å². The van der Waals surface area contributed by atoms with Gasteiger partial charge in [0, 0.05) is 21.0 Å². The number of thiophene rings is 1. The molecule has 0 fully saturated rings. The largest absolute Gasteiger partial charge is 0.488 e. The molecule has 1 aromatic carbocycles. The average Bonchev–Trinajstić information content (AvgIpc) is 2.59. The molecule has 0 aliphatic rings. The van der Waals surface area contributed by atoms with Gasteiger partial charge in [-0.2, -0.15) is 0 Å². The molecule has 0 unspecified atom stereocenters. The monoisotopic (exact) mass is 206 g/mol. The molecule has 0 saturated carbocycles. The van der Waals surface area contributed by atoms with Crippen molar-refractivity contribution in [3.63, 3.8) is 0 Å². The maximum absolute atomic E-state index is 10.6. The zero-order valence-electron chi connectivity index (χ0n) is 7.18. The first-order valence-electron chi connectivity index (χ1n) is 4.05. The van der Waals surface area contributed by atoms with E-state index in [1.54, 1.807) is 23.6 Å². The second-order valence-corrected chi connectivity index (χ2v) is 3.85. The van der Waals surface area contributed by atoms with Gasteiger partial charge in [0.05, 0.1) is 0 Å². The van der Waals surface area contributed by atoms with E-state index in [4.69, 9.17) is 10.0 Å². The molecule has 14 heavy (non-hydrogen) atoms. The highest BCUT2D eigenvalue weighted by Crippen LogP contribution is 2.23. The second kappa shape index (κ2) is 3.53. The Hall–Kier alpha value is -1.17. The molecule has 0 spiro atoms. The van der Waals surface area contributed by atoms with Gasteiger partial charge < -0.3 is 10.0 Å². The van der Waals surface area contributed by atoms with E-state index in [-0.39, 0.29) is 0 Å². The number of carbonyl (C=O) groups is 1. The van der Waals surface area contributed by atoms with Crippen molar-refractivity contribution in [2.45, 2.75) is 0 Å². The fourth-order valence-electron chi connectivity index (χ4n) is 1.32. The van der Waals surface area contributed by atoms with Crippen molar-refractivity contribution in [3.05, 3.63) is 29.1 Å². The van der Waals surface area contributed by atoms with Crippen LogP contribution in [0.4, 0.5) is 0 Å². The number of hydrogen-bond acceptors (Lipinski definition) is 4. The Bertz CT molecular complexity index is 478. The number of rotatable bonds is 2. The molecular formula is C9H7BO3S. The van der Waals surface area contributed by atoms with Crippen LogP contribution in [0.15, 0.2) is 23.6 Å². The third-order valence-electron chi connectivity index (χ3n) is 2.05. The van der Waals surface area contributed by atoms with Gasteiger partial charge in [0.1, 0.15) is 0 Å². The van der Waals surface area contributed by atoms with Gasteiger partial charge in [0.2, 0.25) is 0 Å². The lowest BCUT2D eigenvalue weighted by molar-refractivity contribution is 0.112. The summed E-state index contributed by atoms with van der Waals surface area (Å²) in [4.78, 5) is 10.6. The molecule has 2 rings (SSSR count). The highest BCUT2D eigenvalue weighted by Gasteiger charge is 2.12. The van der Waals surface area contributed by atoms with Gasteiger partial charge in [0.25, 0.3) is 0 Å². The quantitative estimate of drug-likeness (QED) is 0.552. The molecule has 0 amide bonds. The number of hydrogen-bond donors (Lipinski definition) is 2. The smallest absolute Gasteiger partial charge is 0.423 e. The van der Waals surface area contributed by atoms with Crippen LogP contribution in [0.2, 0.25) is 0 Å². The van der Waals surface area contributed by atoms with E-state index in [9.17, 15) is 4.79 Å². The fraction of sp³-hybridized carbons (Fsp3) is 0. The Balaban J connectivity index is 2.67. The van der Waals surface area contributed by atoms with E-state index in [1.807, 2.05) is 0 Å². The molecule has 0 saturated heterocycles. The molecule has 5 heteroatoms. The topological polar surface area (TPSA) is 57.5 Å². The summed E-state index contributed by atoms with van der Waals surface area (Å²) in [7, 11) is -1.49. The zero-order chi connectivity index (χ0) is 10.1. The summed E-state index contributed by atoms with van der Waals surface area (Å²) < 4.78 is 0.969. The van der Waals surface area contributed by atoms with Crippen molar-refractivity contribution in [2.24, 2.45) is 0 Å².